The molecule has 8 heteroatoms. The largest absolute Gasteiger partial charge is 0.483 e. The van der Waals surface area contributed by atoms with E-state index in [9.17, 15) is 17.6 Å². The number of carbonyl (C=O) groups is 1. The van der Waals surface area contributed by atoms with Crippen LogP contribution in [0.1, 0.15) is 25.3 Å². The van der Waals surface area contributed by atoms with Gasteiger partial charge in [-0.15, -0.1) is 0 Å². The van der Waals surface area contributed by atoms with Crippen molar-refractivity contribution in [1.82, 2.24) is 4.90 Å². The van der Waals surface area contributed by atoms with Crippen molar-refractivity contribution in [2.75, 3.05) is 24.4 Å². The molecule has 0 atom stereocenters. The Balaban J connectivity index is 1.63. The second-order valence-electron chi connectivity index (χ2n) is 7.39. The first-order valence-electron chi connectivity index (χ1n) is 9.54. The van der Waals surface area contributed by atoms with E-state index in [1.54, 1.807) is 17.9 Å². The first-order chi connectivity index (χ1) is 13.7. The highest BCUT2D eigenvalue weighted by Crippen LogP contribution is 2.24. The molecule has 1 saturated heterocycles. The van der Waals surface area contributed by atoms with E-state index in [1.165, 1.54) is 36.4 Å². The number of halogens is 1. The molecule has 2 aromatic carbocycles. The van der Waals surface area contributed by atoms with Gasteiger partial charge in [0.2, 0.25) is 0 Å². The Hall–Kier alpha value is -2.61. The summed E-state index contributed by atoms with van der Waals surface area (Å²) in [7, 11) is -3.82. The minimum atomic E-state index is -3.82. The van der Waals surface area contributed by atoms with Gasteiger partial charge >= 0.3 is 0 Å². The van der Waals surface area contributed by atoms with Crippen LogP contribution in [-0.2, 0) is 14.8 Å². The summed E-state index contributed by atoms with van der Waals surface area (Å²) in [6.07, 6.45) is 2.00. The van der Waals surface area contributed by atoms with E-state index in [0.29, 0.717) is 17.2 Å². The van der Waals surface area contributed by atoms with E-state index in [1.807, 2.05) is 0 Å². The number of carbonyl (C=O) groups excluding carboxylic acids is 1. The summed E-state index contributed by atoms with van der Waals surface area (Å²) in [5.41, 5.74) is 0.873. The Bertz CT molecular complexity index is 969. The Morgan fingerprint density at radius 2 is 1.83 bits per heavy atom. The van der Waals surface area contributed by atoms with E-state index in [-0.39, 0.29) is 23.1 Å². The third kappa shape index (κ3) is 5.47. The molecular formula is C21H25FN2O4S. The molecule has 0 bridgehead atoms. The molecule has 1 aliphatic heterocycles. The lowest BCUT2D eigenvalue weighted by atomic mass is 9.99. The minimum Gasteiger partial charge on any atom is -0.483 e. The van der Waals surface area contributed by atoms with Gasteiger partial charge in [-0.3, -0.25) is 9.52 Å². The number of hydrogen-bond donors (Lipinski definition) is 1. The number of sulfonamides is 1. The second kappa shape index (κ2) is 8.82. The predicted octanol–water partition coefficient (Wildman–Crippen LogP) is 3.57. The van der Waals surface area contributed by atoms with Crippen LogP contribution in [-0.4, -0.2) is 38.9 Å². The normalized spacial score (nSPS) is 15.2. The van der Waals surface area contributed by atoms with Crippen LogP contribution in [0.25, 0.3) is 0 Å². The van der Waals surface area contributed by atoms with E-state index in [0.717, 1.165) is 25.9 Å². The SMILES string of the molecule is Cc1cc(S(=O)(=O)Nc2ccc(F)cc2)ccc1OCC(=O)N1CCC(C)CC1. The van der Waals surface area contributed by atoms with Crippen molar-refractivity contribution in [2.45, 2.75) is 31.6 Å². The van der Waals surface area contributed by atoms with Crippen molar-refractivity contribution >= 4 is 21.6 Å². The number of benzene rings is 2. The average Bonchev–Trinajstić information content (AvgIpc) is 2.69. The third-order valence-corrected chi connectivity index (χ3v) is 6.42. The van der Waals surface area contributed by atoms with Gasteiger partial charge in [0, 0.05) is 18.8 Å². The molecule has 2 aromatic rings. The lowest BCUT2D eigenvalue weighted by Gasteiger charge is -2.30. The number of nitrogens with one attached hydrogen (secondary N) is 1. The van der Waals surface area contributed by atoms with Crippen LogP contribution < -0.4 is 9.46 Å². The highest BCUT2D eigenvalue weighted by molar-refractivity contribution is 7.92. The van der Waals surface area contributed by atoms with Gasteiger partial charge in [-0.2, -0.15) is 0 Å². The first-order valence-corrected chi connectivity index (χ1v) is 11.0. The molecule has 0 spiro atoms. The van der Waals surface area contributed by atoms with Crippen molar-refractivity contribution in [1.29, 1.82) is 0 Å². The number of anilines is 1. The molecule has 1 heterocycles. The smallest absolute Gasteiger partial charge is 0.261 e. The molecule has 0 saturated carbocycles. The van der Waals surface area contributed by atoms with Crippen molar-refractivity contribution in [3.8, 4) is 5.75 Å². The predicted molar refractivity (Wildman–Crippen MR) is 109 cm³/mol. The Morgan fingerprint density at radius 1 is 1.17 bits per heavy atom. The molecule has 0 unspecified atom stereocenters. The fourth-order valence-electron chi connectivity index (χ4n) is 3.17. The zero-order chi connectivity index (χ0) is 21.0. The molecule has 0 aromatic heterocycles. The van der Waals surface area contributed by atoms with Crippen LogP contribution in [0.4, 0.5) is 10.1 Å². The second-order valence-corrected chi connectivity index (χ2v) is 9.07. The number of nitrogens with zero attached hydrogens (tertiary/aromatic N) is 1. The maximum atomic E-state index is 13.0. The van der Waals surface area contributed by atoms with Crippen LogP contribution in [0.3, 0.4) is 0 Å². The van der Waals surface area contributed by atoms with Crippen molar-refractivity contribution in [3.63, 3.8) is 0 Å². The summed E-state index contributed by atoms with van der Waals surface area (Å²) in [6, 6.07) is 9.50. The topological polar surface area (TPSA) is 75.7 Å². The number of amides is 1. The van der Waals surface area contributed by atoms with Crippen LogP contribution in [0, 0.1) is 18.7 Å². The molecule has 1 amide bonds. The molecule has 1 aliphatic rings. The first kappa shape index (κ1) is 21.1. The van der Waals surface area contributed by atoms with Gasteiger partial charge in [-0.05, 0) is 73.7 Å². The summed E-state index contributed by atoms with van der Waals surface area (Å²) in [5, 5.41) is 0. The van der Waals surface area contributed by atoms with E-state index in [2.05, 4.69) is 11.6 Å². The van der Waals surface area contributed by atoms with Crippen molar-refractivity contribution in [3.05, 3.63) is 53.8 Å². The molecule has 1 N–H and O–H groups in total. The van der Waals surface area contributed by atoms with Crippen LogP contribution in [0.5, 0.6) is 5.75 Å². The van der Waals surface area contributed by atoms with Gasteiger partial charge in [-0.1, -0.05) is 6.92 Å². The summed E-state index contributed by atoms with van der Waals surface area (Å²) in [4.78, 5) is 14.2. The Morgan fingerprint density at radius 3 is 2.45 bits per heavy atom. The van der Waals surface area contributed by atoms with Crippen LogP contribution >= 0.6 is 0 Å². The van der Waals surface area contributed by atoms with Gasteiger partial charge in [0.25, 0.3) is 15.9 Å². The number of likely N-dealkylation sites (tertiary alicyclic amines) is 1. The Kier molecular flexibility index (Phi) is 6.42. The summed E-state index contributed by atoms with van der Waals surface area (Å²) < 4.78 is 46.1. The molecule has 0 radical (unpaired) electrons. The fraction of sp³-hybridized carbons (Fsp3) is 0.381. The molecule has 29 heavy (non-hydrogen) atoms. The van der Waals surface area contributed by atoms with Gasteiger partial charge in [0.1, 0.15) is 11.6 Å². The number of piperidine rings is 1. The molecule has 0 aliphatic carbocycles. The van der Waals surface area contributed by atoms with Crippen molar-refractivity contribution in [2.24, 2.45) is 5.92 Å². The maximum Gasteiger partial charge on any atom is 0.261 e. The van der Waals surface area contributed by atoms with E-state index < -0.39 is 15.8 Å². The third-order valence-electron chi connectivity index (χ3n) is 5.04. The zero-order valence-electron chi connectivity index (χ0n) is 16.5. The fourth-order valence-corrected chi connectivity index (χ4v) is 4.32. The average molecular weight is 421 g/mol. The lowest BCUT2D eigenvalue weighted by molar-refractivity contribution is -0.134. The monoisotopic (exact) mass is 420 g/mol. The number of rotatable bonds is 6. The van der Waals surface area contributed by atoms with Gasteiger partial charge in [0.05, 0.1) is 4.90 Å². The van der Waals surface area contributed by atoms with E-state index in [4.69, 9.17) is 4.74 Å². The summed E-state index contributed by atoms with van der Waals surface area (Å²) in [6.45, 7) is 5.32. The molecule has 156 valence electrons. The quantitative estimate of drug-likeness (QED) is 0.775. The van der Waals surface area contributed by atoms with Gasteiger partial charge in [0.15, 0.2) is 6.61 Å². The van der Waals surface area contributed by atoms with Crippen LogP contribution in [0.2, 0.25) is 0 Å². The molecular weight excluding hydrogens is 395 g/mol. The van der Waals surface area contributed by atoms with E-state index >= 15 is 0 Å². The number of hydrogen-bond acceptors (Lipinski definition) is 4. The van der Waals surface area contributed by atoms with Crippen molar-refractivity contribution < 1.29 is 22.3 Å². The molecule has 6 nitrogen and oxygen atoms in total. The standard InChI is InChI=1S/C21H25FN2O4S/c1-15-9-11-24(12-10-15)21(25)14-28-20-8-7-19(13-16(20)2)29(26,27)23-18-5-3-17(22)4-6-18/h3-8,13,15,23H,9-12,14H2,1-2H3. The minimum absolute atomic E-state index is 0.0584. The lowest BCUT2D eigenvalue weighted by Crippen LogP contribution is -2.40. The van der Waals surface area contributed by atoms with Gasteiger partial charge in [-0.25, -0.2) is 12.8 Å². The number of ether oxygens (including phenoxy) is 1. The highest BCUT2D eigenvalue weighted by atomic mass is 32.2. The maximum absolute atomic E-state index is 13.0. The zero-order valence-corrected chi connectivity index (χ0v) is 17.3. The molecule has 3 rings (SSSR count). The van der Waals surface area contributed by atoms with Crippen LogP contribution in [0.15, 0.2) is 47.4 Å². The number of aryl methyl sites for hydroxylation is 1. The summed E-state index contributed by atoms with van der Waals surface area (Å²) in [5.74, 6) is 0.592. The van der Waals surface area contributed by atoms with Gasteiger partial charge < -0.3 is 9.64 Å². The molecule has 1 fully saturated rings. The Labute approximate surface area is 170 Å². The highest BCUT2D eigenvalue weighted by Gasteiger charge is 2.21. The summed E-state index contributed by atoms with van der Waals surface area (Å²) >= 11 is 0.